The van der Waals surface area contributed by atoms with Gasteiger partial charge in [0.05, 0.1) is 7.11 Å². The van der Waals surface area contributed by atoms with Crippen LogP contribution in [0.2, 0.25) is 0 Å². The standard InChI is InChI=1S/C24H23N3O4S/c1-31-24(30)19(11-16-12-25-18-10-6-5-9-17(16)18)26-13-21(28)27-20(22(26)29)14-32-23(27)15-7-3-2-4-8-15/h2-10,12,19-20,23,25H,11,13-14H2,1H3/t19-,20-,23+/m0/s1. The Bertz CT molecular complexity index is 1180. The van der Waals surface area contributed by atoms with Gasteiger partial charge in [-0.2, -0.15) is 0 Å². The molecule has 1 aromatic heterocycles. The number of nitrogens with one attached hydrogen (secondary N) is 1. The number of methoxy groups -OCH3 is 1. The molecule has 2 aliphatic heterocycles. The zero-order valence-corrected chi connectivity index (χ0v) is 18.4. The van der Waals surface area contributed by atoms with Gasteiger partial charge in [-0.05, 0) is 17.2 Å². The fraction of sp³-hybridized carbons (Fsp3) is 0.292. The third-order valence-electron chi connectivity index (χ3n) is 6.18. The SMILES string of the molecule is COC(=O)[C@H](Cc1c[nH]c2ccccc12)N1CC(=O)N2[C@@H](c3ccccc3)SC[C@H]2C1=O. The zero-order chi connectivity index (χ0) is 22.2. The molecule has 8 heteroatoms. The van der Waals surface area contributed by atoms with Crippen LogP contribution in [-0.2, 0) is 25.5 Å². The minimum Gasteiger partial charge on any atom is -0.467 e. The summed E-state index contributed by atoms with van der Waals surface area (Å²) in [6, 6.07) is 16.1. The third-order valence-corrected chi connectivity index (χ3v) is 7.51. The van der Waals surface area contributed by atoms with Crippen LogP contribution in [0.3, 0.4) is 0 Å². The first-order valence-corrected chi connectivity index (χ1v) is 11.5. The van der Waals surface area contributed by atoms with Crippen molar-refractivity contribution in [3.63, 3.8) is 0 Å². The largest absolute Gasteiger partial charge is 0.467 e. The van der Waals surface area contributed by atoms with E-state index in [2.05, 4.69) is 4.98 Å². The van der Waals surface area contributed by atoms with E-state index in [1.54, 1.807) is 16.7 Å². The van der Waals surface area contributed by atoms with Gasteiger partial charge in [0.25, 0.3) is 0 Å². The highest BCUT2D eigenvalue weighted by molar-refractivity contribution is 7.99. The van der Waals surface area contributed by atoms with E-state index >= 15 is 0 Å². The number of aromatic amines is 1. The fourth-order valence-electron chi connectivity index (χ4n) is 4.60. The maximum atomic E-state index is 13.5. The Hall–Kier alpha value is -3.26. The second-order valence-corrected chi connectivity index (χ2v) is 9.10. The van der Waals surface area contributed by atoms with E-state index in [4.69, 9.17) is 4.74 Å². The van der Waals surface area contributed by atoms with E-state index in [0.29, 0.717) is 5.75 Å². The van der Waals surface area contributed by atoms with Crippen LogP contribution < -0.4 is 0 Å². The van der Waals surface area contributed by atoms with Crippen molar-refractivity contribution in [1.29, 1.82) is 0 Å². The number of thioether (sulfide) groups is 1. The first-order chi connectivity index (χ1) is 15.6. The van der Waals surface area contributed by atoms with E-state index in [1.807, 2.05) is 60.8 Å². The lowest BCUT2D eigenvalue weighted by Gasteiger charge is -2.41. The maximum absolute atomic E-state index is 13.5. The van der Waals surface area contributed by atoms with Crippen LogP contribution in [0.4, 0.5) is 0 Å². The molecule has 1 N–H and O–H groups in total. The number of nitrogens with zero attached hydrogens (tertiary/aromatic N) is 2. The fourth-order valence-corrected chi connectivity index (χ4v) is 6.04. The summed E-state index contributed by atoms with van der Waals surface area (Å²) in [5.74, 6) is -0.371. The molecule has 5 rings (SSSR count). The molecule has 3 aromatic rings. The molecule has 0 bridgehead atoms. The molecule has 3 atom stereocenters. The number of para-hydroxylation sites is 1. The summed E-state index contributed by atoms with van der Waals surface area (Å²) in [6.07, 6.45) is 2.12. The predicted octanol–water partition coefficient (Wildman–Crippen LogP) is 2.74. The Morgan fingerprint density at radius 1 is 1.16 bits per heavy atom. The topological polar surface area (TPSA) is 82.7 Å². The number of benzene rings is 2. The molecule has 0 unspecified atom stereocenters. The molecule has 2 fully saturated rings. The summed E-state index contributed by atoms with van der Waals surface area (Å²) in [4.78, 5) is 45.7. The molecule has 0 saturated carbocycles. The lowest BCUT2D eigenvalue weighted by atomic mass is 10.0. The van der Waals surface area contributed by atoms with Gasteiger partial charge in [-0.25, -0.2) is 4.79 Å². The van der Waals surface area contributed by atoms with Gasteiger partial charge in [-0.15, -0.1) is 11.8 Å². The number of piperazine rings is 1. The molecule has 0 radical (unpaired) electrons. The third kappa shape index (κ3) is 3.44. The molecular formula is C24H23N3O4S. The number of carbonyl (C=O) groups is 3. The smallest absolute Gasteiger partial charge is 0.328 e. The Kier molecular flexibility index (Phi) is 5.38. The number of amides is 2. The van der Waals surface area contributed by atoms with Crippen LogP contribution in [0.5, 0.6) is 0 Å². The van der Waals surface area contributed by atoms with Gasteiger partial charge in [-0.1, -0.05) is 48.5 Å². The monoisotopic (exact) mass is 449 g/mol. The average Bonchev–Trinajstić information content (AvgIpc) is 3.45. The van der Waals surface area contributed by atoms with Gasteiger partial charge in [-0.3, -0.25) is 9.59 Å². The summed E-state index contributed by atoms with van der Waals surface area (Å²) in [5.41, 5.74) is 2.86. The number of H-pyrrole nitrogens is 1. The number of fused-ring (bicyclic) bond motifs is 2. The molecule has 2 aliphatic rings. The van der Waals surface area contributed by atoms with E-state index < -0.39 is 18.1 Å². The van der Waals surface area contributed by atoms with Crippen LogP contribution in [0, 0.1) is 0 Å². The van der Waals surface area contributed by atoms with Crippen LogP contribution in [0.25, 0.3) is 10.9 Å². The van der Waals surface area contributed by atoms with Gasteiger partial charge in [0.2, 0.25) is 11.8 Å². The minimum atomic E-state index is -0.862. The average molecular weight is 450 g/mol. The van der Waals surface area contributed by atoms with Crippen LogP contribution >= 0.6 is 11.8 Å². The normalized spacial score (nSPS) is 21.7. The van der Waals surface area contributed by atoms with Crippen molar-refractivity contribution in [2.45, 2.75) is 23.9 Å². The molecule has 2 amide bonds. The van der Waals surface area contributed by atoms with Crippen molar-refractivity contribution in [2.24, 2.45) is 0 Å². The maximum Gasteiger partial charge on any atom is 0.328 e. The van der Waals surface area contributed by atoms with E-state index in [9.17, 15) is 14.4 Å². The van der Waals surface area contributed by atoms with Crippen molar-refractivity contribution in [3.05, 3.63) is 71.9 Å². The number of rotatable bonds is 5. The van der Waals surface area contributed by atoms with E-state index in [-0.39, 0.29) is 30.2 Å². The molecule has 2 aromatic carbocycles. The molecule has 7 nitrogen and oxygen atoms in total. The highest BCUT2D eigenvalue weighted by Crippen LogP contribution is 2.43. The van der Waals surface area contributed by atoms with Gasteiger partial charge in [0.15, 0.2) is 0 Å². The summed E-state index contributed by atoms with van der Waals surface area (Å²) in [7, 11) is 1.31. The molecule has 0 spiro atoms. The van der Waals surface area contributed by atoms with Crippen molar-refractivity contribution >= 4 is 40.4 Å². The first-order valence-electron chi connectivity index (χ1n) is 10.5. The second kappa shape index (κ2) is 8.35. The molecular weight excluding hydrogens is 426 g/mol. The molecule has 32 heavy (non-hydrogen) atoms. The van der Waals surface area contributed by atoms with Gasteiger partial charge < -0.3 is 19.5 Å². The Morgan fingerprint density at radius 2 is 1.91 bits per heavy atom. The molecule has 3 heterocycles. The van der Waals surface area contributed by atoms with Gasteiger partial charge >= 0.3 is 5.97 Å². The summed E-state index contributed by atoms with van der Waals surface area (Å²) < 4.78 is 5.04. The number of ether oxygens (including phenoxy) is 1. The Labute approximate surface area is 189 Å². The summed E-state index contributed by atoms with van der Waals surface area (Å²) in [5, 5.41) is 0.796. The minimum absolute atomic E-state index is 0.138. The van der Waals surface area contributed by atoms with Crippen LogP contribution in [0.1, 0.15) is 16.5 Å². The number of hydrogen-bond donors (Lipinski definition) is 1. The zero-order valence-electron chi connectivity index (χ0n) is 17.6. The number of hydrogen-bond acceptors (Lipinski definition) is 5. The van der Waals surface area contributed by atoms with Crippen LogP contribution in [0.15, 0.2) is 60.8 Å². The second-order valence-electron chi connectivity index (χ2n) is 7.98. The van der Waals surface area contributed by atoms with Crippen molar-refractivity contribution in [1.82, 2.24) is 14.8 Å². The molecule has 2 saturated heterocycles. The Balaban J connectivity index is 1.43. The number of aromatic nitrogens is 1. The molecule has 0 aliphatic carbocycles. The van der Waals surface area contributed by atoms with Crippen molar-refractivity contribution < 1.29 is 19.1 Å². The molecule has 164 valence electrons. The lowest BCUT2D eigenvalue weighted by molar-refractivity contribution is -0.163. The van der Waals surface area contributed by atoms with Gasteiger partial charge in [0.1, 0.15) is 24.0 Å². The lowest BCUT2D eigenvalue weighted by Crippen LogP contribution is -2.62. The van der Waals surface area contributed by atoms with E-state index in [1.165, 1.54) is 12.0 Å². The predicted molar refractivity (Wildman–Crippen MR) is 122 cm³/mol. The Morgan fingerprint density at radius 3 is 2.69 bits per heavy atom. The van der Waals surface area contributed by atoms with Crippen molar-refractivity contribution in [3.8, 4) is 0 Å². The van der Waals surface area contributed by atoms with Crippen LogP contribution in [-0.4, -0.2) is 64.1 Å². The highest BCUT2D eigenvalue weighted by Gasteiger charge is 2.50. The highest BCUT2D eigenvalue weighted by atomic mass is 32.2. The van der Waals surface area contributed by atoms with Gasteiger partial charge in [0, 0.05) is 29.3 Å². The first kappa shape index (κ1) is 20.6. The van der Waals surface area contributed by atoms with Crippen molar-refractivity contribution in [2.75, 3.05) is 19.4 Å². The summed E-state index contributed by atoms with van der Waals surface area (Å²) in [6.45, 7) is -0.138. The number of carbonyl (C=O) groups excluding carboxylic acids is 3. The quantitative estimate of drug-likeness (QED) is 0.606. The van der Waals surface area contributed by atoms with E-state index in [0.717, 1.165) is 22.0 Å². The number of esters is 1. The summed E-state index contributed by atoms with van der Waals surface area (Å²) >= 11 is 1.58.